The molecule has 0 unspecified atom stereocenters. The zero-order valence-electron chi connectivity index (χ0n) is 10.3. The van der Waals surface area contributed by atoms with Crippen LogP contribution in [0.1, 0.15) is 20.7 Å². The third-order valence-electron chi connectivity index (χ3n) is 2.85. The molecule has 2 rings (SSSR count). The second kappa shape index (κ2) is 5.04. The molecule has 7 nitrogen and oxygen atoms in total. The minimum absolute atomic E-state index is 0.0309. The van der Waals surface area contributed by atoms with Gasteiger partial charge in [-0.25, -0.2) is 0 Å². The van der Waals surface area contributed by atoms with E-state index in [4.69, 9.17) is 0 Å². The van der Waals surface area contributed by atoms with Crippen LogP contribution in [-0.4, -0.2) is 40.2 Å². The third kappa shape index (κ3) is 2.18. The molecule has 0 saturated heterocycles. The average molecular weight is 341 g/mol. The number of halogens is 1. The van der Waals surface area contributed by atoms with E-state index in [0.717, 1.165) is 4.90 Å². The average Bonchev–Trinajstić information content (AvgIpc) is 2.35. The van der Waals surface area contributed by atoms with Gasteiger partial charge in [0.15, 0.2) is 0 Å². The summed E-state index contributed by atoms with van der Waals surface area (Å²) in [5.41, 5.74) is -0.157. The Labute approximate surface area is 121 Å². The second-order valence-corrected chi connectivity index (χ2v) is 4.99. The maximum Gasteiger partial charge on any atom is 0.277 e. The molecule has 0 aromatic heterocycles. The van der Waals surface area contributed by atoms with Gasteiger partial charge in [-0.1, -0.05) is 6.07 Å². The lowest BCUT2D eigenvalue weighted by Crippen LogP contribution is -2.33. The van der Waals surface area contributed by atoms with E-state index < -0.39 is 23.2 Å². The highest BCUT2D eigenvalue weighted by Crippen LogP contribution is 2.35. The van der Waals surface area contributed by atoms with Crippen molar-refractivity contribution in [2.24, 2.45) is 0 Å². The van der Waals surface area contributed by atoms with Crippen LogP contribution < -0.4 is 0 Å². The summed E-state index contributed by atoms with van der Waals surface area (Å²) in [6.07, 6.45) is 0. The number of ketones is 2. The summed E-state index contributed by atoms with van der Waals surface area (Å²) in [5, 5.41) is 20.2. The van der Waals surface area contributed by atoms with Crippen molar-refractivity contribution >= 4 is 27.5 Å². The predicted octanol–water partition coefficient (Wildman–Crippen LogP) is 1.54. The Bertz CT molecular complexity index is 668. The first kappa shape index (κ1) is 14.2. The maximum atomic E-state index is 12.3. The molecule has 0 bridgehead atoms. The van der Waals surface area contributed by atoms with Crippen LogP contribution in [0.2, 0.25) is 0 Å². The zero-order valence-corrected chi connectivity index (χ0v) is 11.9. The minimum atomic E-state index is -0.613. The molecule has 0 spiro atoms. The van der Waals surface area contributed by atoms with Gasteiger partial charge in [0, 0.05) is 17.5 Å². The Morgan fingerprint density at radius 3 is 2.60 bits per heavy atom. The molecular weight excluding hydrogens is 332 g/mol. The summed E-state index contributed by atoms with van der Waals surface area (Å²) in [6.45, 7) is -0.613. The van der Waals surface area contributed by atoms with Crippen molar-refractivity contribution in [3.8, 4) is 5.75 Å². The minimum Gasteiger partial charge on any atom is -0.507 e. The zero-order chi connectivity index (χ0) is 15.0. The molecule has 1 aliphatic carbocycles. The summed E-state index contributed by atoms with van der Waals surface area (Å²) in [6, 6.07) is 4.13. The number of aromatic hydroxyl groups is 1. The van der Waals surface area contributed by atoms with E-state index in [0.29, 0.717) is 0 Å². The summed E-state index contributed by atoms with van der Waals surface area (Å²) < 4.78 is -0.0964. The lowest BCUT2D eigenvalue weighted by atomic mass is 9.91. The van der Waals surface area contributed by atoms with Gasteiger partial charge in [-0.15, -0.1) is 0 Å². The standard InChI is InChI=1S/C12H9BrN2O5/c1-14(5-15(19)20)10-9(13)12(18)8-6(11(10)17)3-2-4-7(8)16/h2-4,16H,5H2,1H3. The van der Waals surface area contributed by atoms with Crippen molar-refractivity contribution in [1.82, 2.24) is 4.90 Å². The van der Waals surface area contributed by atoms with Gasteiger partial charge in [0.25, 0.3) is 6.67 Å². The fourth-order valence-electron chi connectivity index (χ4n) is 2.00. The van der Waals surface area contributed by atoms with Gasteiger partial charge in [-0.2, -0.15) is 0 Å². The molecule has 1 aromatic carbocycles. The number of phenolic OH excluding ortho intramolecular Hbond substituents is 1. The molecule has 1 aromatic rings. The lowest BCUT2D eigenvalue weighted by molar-refractivity contribution is -0.500. The van der Waals surface area contributed by atoms with Crippen molar-refractivity contribution in [2.45, 2.75) is 0 Å². The first-order valence-electron chi connectivity index (χ1n) is 5.48. The Balaban J connectivity index is 2.57. The van der Waals surface area contributed by atoms with Crippen LogP contribution >= 0.6 is 15.9 Å². The van der Waals surface area contributed by atoms with Gasteiger partial charge in [0.1, 0.15) is 11.4 Å². The fraction of sp³-hybridized carbons (Fsp3) is 0.167. The van der Waals surface area contributed by atoms with Crippen LogP contribution in [0.5, 0.6) is 5.75 Å². The fourth-order valence-corrected chi connectivity index (χ4v) is 2.68. The number of hydrogen-bond donors (Lipinski definition) is 1. The van der Waals surface area contributed by atoms with Crippen LogP contribution in [0.3, 0.4) is 0 Å². The number of carbonyl (C=O) groups is 2. The third-order valence-corrected chi connectivity index (χ3v) is 3.58. The summed E-state index contributed by atoms with van der Waals surface area (Å²) in [7, 11) is 1.35. The Morgan fingerprint density at radius 2 is 2.00 bits per heavy atom. The van der Waals surface area contributed by atoms with Gasteiger partial charge < -0.3 is 10.0 Å². The lowest BCUT2D eigenvalue weighted by Gasteiger charge is -2.23. The summed E-state index contributed by atoms with van der Waals surface area (Å²) in [5.74, 6) is -1.43. The monoisotopic (exact) mass is 340 g/mol. The second-order valence-electron chi connectivity index (χ2n) is 4.19. The molecule has 0 aliphatic heterocycles. The SMILES string of the molecule is CN(C[N+](=O)[O-])C1=C(Br)C(=O)c2c(O)cccc2C1=O. The van der Waals surface area contributed by atoms with Crippen molar-refractivity contribution < 1.29 is 19.6 Å². The summed E-state index contributed by atoms with van der Waals surface area (Å²) >= 11 is 2.99. The number of nitrogens with zero attached hydrogens (tertiary/aromatic N) is 2. The van der Waals surface area contributed by atoms with E-state index in [1.54, 1.807) is 0 Å². The largest absolute Gasteiger partial charge is 0.507 e. The van der Waals surface area contributed by atoms with Gasteiger partial charge in [-0.3, -0.25) is 19.7 Å². The molecule has 0 fully saturated rings. The van der Waals surface area contributed by atoms with Crippen molar-refractivity contribution in [2.75, 3.05) is 13.7 Å². The molecule has 0 amide bonds. The van der Waals surface area contributed by atoms with Crippen LogP contribution in [0.15, 0.2) is 28.4 Å². The van der Waals surface area contributed by atoms with Crippen LogP contribution in [0.4, 0.5) is 0 Å². The van der Waals surface area contributed by atoms with E-state index in [1.807, 2.05) is 0 Å². The molecule has 8 heteroatoms. The Hall–Kier alpha value is -2.22. The van der Waals surface area contributed by atoms with E-state index in [-0.39, 0.29) is 27.1 Å². The Kier molecular flexibility index (Phi) is 3.58. The van der Waals surface area contributed by atoms with E-state index in [2.05, 4.69) is 15.9 Å². The summed E-state index contributed by atoms with van der Waals surface area (Å²) in [4.78, 5) is 35.5. The number of hydrogen-bond acceptors (Lipinski definition) is 6. The van der Waals surface area contributed by atoms with Crippen LogP contribution in [0.25, 0.3) is 0 Å². The molecule has 1 N–H and O–H groups in total. The van der Waals surface area contributed by atoms with Crippen molar-refractivity contribution in [3.63, 3.8) is 0 Å². The quantitative estimate of drug-likeness (QED) is 0.508. The number of allylic oxidation sites excluding steroid dienone is 2. The smallest absolute Gasteiger partial charge is 0.277 e. The van der Waals surface area contributed by atoms with Gasteiger partial charge >= 0.3 is 0 Å². The van der Waals surface area contributed by atoms with E-state index in [1.165, 1.54) is 25.2 Å². The first-order valence-corrected chi connectivity index (χ1v) is 6.28. The van der Waals surface area contributed by atoms with Crippen molar-refractivity contribution in [1.29, 1.82) is 0 Å². The number of benzene rings is 1. The normalized spacial score (nSPS) is 14.3. The number of fused-ring (bicyclic) bond motifs is 1. The number of nitro groups is 1. The molecule has 0 saturated carbocycles. The molecular formula is C12H9BrN2O5. The number of likely N-dealkylation sites (N-methyl/N-ethyl adjacent to an activating group) is 1. The van der Waals surface area contributed by atoms with Crippen molar-refractivity contribution in [3.05, 3.63) is 49.6 Å². The molecule has 20 heavy (non-hydrogen) atoms. The Morgan fingerprint density at radius 1 is 1.35 bits per heavy atom. The molecule has 1 aliphatic rings. The number of rotatable bonds is 3. The van der Waals surface area contributed by atoms with E-state index in [9.17, 15) is 24.8 Å². The highest BCUT2D eigenvalue weighted by atomic mass is 79.9. The molecule has 104 valence electrons. The molecule has 0 radical (unpaired) electrons. The number of carbonyl (C=O) groups excluding carboxylic acids is 2. The highest BCUT2D eigenvalue weighted by molar-refractivity contribution is 9.12. The topological polar surface area (TPSA) is 101 Å². The van der Waals surface area contributed by atoms with E-state index >= 15 is 0 Å². The van der Waals surface area contributed by atoms with Gasteiger partial charge in [-0.05, 0) is 28.1 Å². The van der Waals surface area contributed by atoms with Gasteiger partial charge in [0.2, 0.25) is 11.6 Å². The number of phenols is 1. The number of Topliss-reactive ketones (excluding diaryl/α,β-unsaturated/α-hetero) is 2. The molecule has 0 atom stereocenters. The van der Waals surface area contributed by atoms with Gasteiger partial charge in [0.05, 0.1) is 10.0 Å². The molecule has 0 heterocycles. The highest BCUT2D eigenvalue weighted by Gasteiger charge is 2.35. The maximum absolute atomic E-state index is 12.3. The first-order chi connectivity index (χ1) is 9.34. The van der Waals surface area contributed by atoms with Crippen LogP contribution in [-0.2, 0) is 0 Å². The van der Waals surface area contributed by atoms with Crippen LogP contribution in [0, 0.1) is 10.1 Å². The predicted molar refractivity (Wildman–Crippen MR) is 72.3 cm³/mol.